The molecule has 3 aromatic heterocycles. The summed E-state index contributed by atoms with van der Waals surface area (Å²) >= 11 is 0. The van der Waals surface area contributed by atoms with Crippen molar-refractivity contribution in [2.75, 3.05) is 11.1 Å². The number of nitrogen functional groups attached to an aromatic ring is 1. The van der Waals surface area contributed by atoms with Gasteiger partial charge in [0, 0.05) is 30.1 Å². The number of nitrogens with zero attached hydrogens (tertiary/aromatic N) is 4. The summed E-state index contributed by atoms with van der Waals surface area (Å²) < 4.78 is 16.9. The van der Waals surface area contributed by atoms with Crippen LogP contribution in [0.25, 0.3) is 11.6 Å². The van der Waals surface area contributed by atoms with E-state index in [0.717, 1.165) is 29.7 Å². The maximum atomic E-state index is 14.9. The minimum atomic E-state index is -0.985. The fourth-order valence-electron chi connectivity index (χ4n) is 4.59. The number of hydrogen-bond acceptors (Lipinski definition) is 5. The van der Waals surface area contributed by atoms with E-state index in [-0.39, 0.29) is 5.82 Å². The number of anilines is 2. The van der Waals surface area contributed by atoms with E-state index in [0.29, 0.717) is 28.8 Å². The van der Waals surface area contributed by atoms with E-state index in [9.17, 15) is 4.39 Å². The zero-order valence-corrected chi connectivity index (χ0v) is 16.8. The van der Waals surface area contributed by atoms with Crippen molar-refractivity contribution in [2.24, 2.45) is 0 Å². The van der Waals surface area contributed by atoms with Crippen LogP contribution in [0.5, 0.6) is 0 Å². The summed E-state index contributed by atoms with van der Waals surface area (Å²) in [4.78, 5) is 14.1. The predicted molar refractivity (Wildman–Crippen MR) is 118 cm³/mol. The molecule has 1 saturated carbocycles. The van der Waals surface area contributed by atoms with Crippen LogP contribution in [-0.4, -0.2) is 19.4 Å². The molecule has 6 nitrogen and oxygen atoms in total. The zero-order chi connectivity index (χ0) is 21.0. The number of imidazole rings is 1. The highest BCUT2D eigenvalue weighted by atomic mass is 19.1. The average Bonchev–Trinajstić information content (AvgIpc) is 3.14. The first-order chi connectivity index (χ1) is 15.2. The van der Waals surface area contributed by atoms with Crippen molar-refractivity contribution in [1.29, 1.82) is 0 Å². The summed E-state index contributed by atoms with van der Waals surface area (Å²) in [5.74, 6) is 1.41. The van der Waals surface area contributed by atoms with Gasteiger partial charge in [-0.15, -0.1) is 0 Å². The van der Waals surface area contributed by atoms with E-state index >= 15 is 0 Å². The molecule has 154 valence electrons. The van der Waals surface area contributed by atoms with Gasteiger partial charge >= 0.3 is 0 Å². The number of nitrogens with one attached hydrogen (secondary N) is 1. The molecule has 4 heterocycles. The molecule has 1 atom stereocenters. The van der Waals surface area contributed by atoms with Crippen LogP contribution >= 0.6 is 0 Å². The Hall–Kier alpha value is -3.74. The molecule has 2 aliphatic rings. The lowest BCUT2D eigenvalue weighted by Crippen LogP contribution is -2.38. The predicted octanol–water partition coefficient (Wildman–Crippen LogP) is 4.50. The first-order valence-electron chi connectivity index (χ1n) is 10.5. The van der Waals surface area contributed by atoms with Crippen molar-refractivity contribution in [2.45, 2.75) is 30.7 Å². The number of halogens is 1. The monoisotopic (exact) mass is 412 g/mol. The Balaban J connectivity index is 1.67. The van der Waals surface area contributed by atoms with Crippen LogP contribution in [0, 0.1) is 5.82 Å². The van der Waals surface area contributed by atoms with Crippen molar-refractivity contribution in [1.82, 2.24) is 19.4 Å². The molecule has 0 saturated heterocycles. The Morgan fingerprint density at radius 3 is 2.77 bits per heavy atom. The van der Waals surface area contributed by atoms with Gasteiger partial charge < -0.3 is 11.1 Å². The normalized spacial score (nSPS) is 20.3. The minimum absolute atomic E-state index is 0.323. The Morgan fingerprint density at radius 2 is 2.00 bits per heavy atom. The lowest BCUT2D eigenvalue weighted by molar-refractivity contribution is 0.399. The molecule has 6 rings (SSSR count). The SMILES string of the molecule is Nc1nccn2c(C3CCC3)nc(C3(c4ccccn4)C=Cc4cccc(F)c4N3)c12. The van der Waals surface area contributed by atoms with Gasteiger partial charge in [-0.05, 0) is 37.1 Å². The van der Waals surface area contributed by atoms with Gasteiger partial charge in [-0.3, -0.25) is 9.38 Å². The third-order valence-electron chi connectivity index (χ3n) is 6.40. The molecule has 7 heteroatoms. The highest BCUT2D eigenvalue weighted by Crippen LogP contribution is 2.44. The summed E-state index contributed by atoms with van der Waals surface area (Å²) in [7, 11) is 0. The first-order valence-corrected chi connectivity index (χ1v) is 10.5. The number of nitrogens with two attached hydrogens (primary N) is 1. The molecule has 1 fully saturated rings. The third kappa shape index (κ3) is 2.59. The molecular formula is C24H21FN6. The smallest absolute Gasteiger partial charge is 0.149 e. The number of rotatable bonds is 3. The summed E-state index contributed by atoms with van der Waals surface area (Å²) in [6.45, 7) is 0. The molecule has 4 aromatic rings. The van der Waals surface area contributed by atoms with E-state index in [1.54, 1.807) is 18.5 Å². The van der Waals surface area contributed by atoms with Gasteiger partial charge in [0.15, 0.2) is 0 Å². The van der Waals surface area contributed by atoms with Crippen molar-refractivity contribution in [3.63, 3.8) is 0 Å². The molecule has 0 radical (unpaired) electrons. The number of fused-ring (bicyclic) bond motifs is 2. The average molecular weight is 412 g/mol. The van der Waals surface area contributed by atoms with Crippen LogP contribution < -0.4 is 11.1 Å². The molecule has 0 bridgehead atoms. The topological polar surface area (TPSA) is 81.1 Å². The number of pyridine rings is 1. The number of benzene rings is 1. The van der Waals surface area contributed by atoms with E-state index in [4.69, 9.17) is 10.7 Å². The van der Waals surface area contributed by atoms with E-state index in [1.807, 2.05) is 47.0 Å². The fraction of sp³-hybridized carbons (Fsp3) is 0.208. The molecule has 1 unspecified atom stereocenters. The second-order valence-electron chi connectivity index (χ2n) is 8.16. The molecule has 3 N–H and O–H groups in total. The maximum Gasteiger partial charge on any atom is 0.149 e. The van der Waals surface area contributed by atoms with E-state index < -0.39 is 5.54 Å². The number of aromatic nitrogens is 4. The highest BCUT2D eigenvalue weighted by Gasteiger charge is 2.42. The van der Waals surface area contributed by atoms with Crippen LogP contribution in [0.15, 0.2) is 61.1 Å². The van der Waals surface area contributed by atoms with Gasteiger partial charge in [-0.25, -0.2) is 14.4 Å². The lowest BCUT2D eigenvalue weighted by atomic mass is 9.84. The molecule has 1 aliphatic carbocycles. The highest BCUT2D eigenvalue weighted by molar-refractivity contribution is 5.80. The van der Waals surface area contributed by atoms with Gasteiger partial charge in [0.1, 0.15) is 34.2 Å². The van der Waals surface area contributed by atoms with E-state index in [2.05, 4.69) is 15.3 Å². The van der Waals surface area contributed by atoms with Crippen LogP contribution in [0.1, 0.15) is 48.0 Å². The molecule has 31 heavy (non-hydrogen) atoms. The van der Waals surface area contributed by atoms with Crippen LogP contribution in [0.2, 0.25) is 0 Å². The van der Waals surface area contributed by atoms with Crippen molar-refractivity contribution in [3.05, 3.63) is 89.7 Å². The van der Waals surface area contributed by atoms with Crippen LogP contribution in [-0.2, 0) is 5.54 Å². The van der Waals surface area contributed by atoms with Crippen LogP contribution in [0.4, 0.5) is 15.9 Å². The van der Waals surface area contributed by atoms with Gasteiger partial charge in [0.2, 0.25) is 0 Å². The maximum absolute atomic E-state index is 14.9. The second-order valence-corrected chi connectivity index (χ2v) is 8.16. The zero-order valence-electron chi connectivity index (χ0n) is 16.8. The van der Waals surface area contributed by atoms with Crippen molar-refractivity contribution < 1.29 is 4.39 Å². The molecule has 0 amide bonds. The van der Waals surface area contributed by atoms with Gasteiger partial charge in [0.25, 0.3) is 0 Å². The number of hydrogen-bond donors (Lipinski definition) is 2. The van der Waals surface area contributed by atoms with Crippen molar-refractivity contribution >= 4 is 23.1 Å². The third-order valence-corrected chi connectivity index (χ3v) is 6.40. The molecule has 1 aromatic carbocycles. The Labute approximate surface area is 178 Å². The quantitative estimate of drug-likeness (QED) is 0.518. The van der Waals surface area contributed by atoms with Crippen molar-refractivity contribution in [3.8, 4) is 0 Å². The van der Waals surface area contributed by atoms with Gasteiger partial charge in [0.05, 0.1) is 11.4 Å². The Kier molecular flexibility index (Phi) is 3.86. The summed E-state index contributed by atoms with van der Waals surface area (Å²) in [5, 5.41) is 3.44. The summed E-state index contributed by atoms with van der Waals surface area (Å²) in [6, 6.07) is 10.7. The Bertz CT molecular complexity index is 1320. The molecular weight excluding hydrogens is 391 g/mol. The Morgan fingerprint density at radius 1 is 1.10 bits per heavy atom. The number of para-hydroxylation sites is 1. The lowest BCUT2D eigenvalue weighted by Gasteiger charge is -2.35. The van der Waals surface area contributed by atoms with E-state index in [1.165, 1.54) is 12.5 Å². The molecule has 0 spiro atoms. The summed E-state index contributed by atoms with van der Waals surface area (Å²) in [5.41, 5.74) is 8.72. The standard InChI is InChI=1S/C24H21FN6/c25-17-8-4-5-15-10-11-24(30-19(15)17,18-9-1-2-12-27-18)21-20-22(26)28-13-14-31(20)23(29-21)16-6-3-7-16/h1-2,4-5,8-14,16,30H,3,6-7H2,(H2,26,28). The summed E-state index contributed by atoms with van der Waals surface area (Å²) in [6.07, 6.45) is 12.6. The van der Waals surface area contributed by atoms with Gasteiger partial charge in [-0.1, -0.05) is 30.7 Å². The van der Waals surface area contributed by atoms with Crippen LogP contribution in [0.3, 0.4) is 0 Å². The largest absolute Gasteiger partial charge is 0.382 e. The molecule has 1 aliphatic heterocycles. The van der Waals surface area contributed by atoms with Gasteiger partial charge in [-0.2, -0.15) is 0 Å². The first kappa shape index (κ1) is 18.1. The minimum Gasteiger partial charge on any atom is -0.382 e. The fourth-order valence-corrected chi connectivity index (χ4v) is 4.59. The second kappa shape index (κ2) is 6.63.